The number of likely N-dealkylation sites (tertiary alicyclic amines) is 1. The molecule has 1 N–H and O–H groups in total. The van der Waals surface area contributed by atoms with Crippen LogP contribution in [0.15, 0.2) is 6.20 Å². The zero-order valence-electron chi connectivity index (χ0n) is 13.5. The summed E-state index contributed by atoms with van der Waals surface area (Å²) in [5.74, 6) is 0.692. The van der Waals surface area contributed by atoms with Crippen LogP contribution in [-0.2, 0) is 7.05 Å². The molecule has 0 bridgehead atoms. The minimum Gasteiger partial charge on any atom is -0.316 e. The molecule has 0 amide bonds. The van der Waals surface area contributed by atoms with Gasteiger partial charge < -0.3 is 5.32 Å². The van der Waals surface area contributed by atoms with Crippen molar-refractivity contribution in [2.24, 2.45) is 13.0 Å². The number of hydrogen-bond acceptors (Lipinski definition) is 3. The molecular formula is C16H30N4. The summed E-state index contributed by atoms with van der Waals surface area (Å²) < 4.78 is 1.96. The molecule has 1 fully saturated rings. The summed E-state index contributed by atoms with van der Waals surface area (Å²) in [6.07, 6.45) is 7.41. The molecule has 1 saturated heterocycles. The van der Waals surface area contributed by atoms with Crippen molar-refractivity contribution in [2.45, 2.75) is 45.6 Å². The van der Waals surface area contributed by atoms with E-state index in [1.165, 1.54) is 43.5 Å². The minimum atomic E-state index is 0.510. The quantitative estimate of drug-likeness (QED) is 0.840. The fourth-order valence-corrected chi connectivity index (χ4v) is 3.50. The average Bonchev–Trinajstić information content (AvgIpc) is 2.62. The molecule has 2 rings (SSSR count). The first-order valence-corrected chi connectivity index (χ1v) is 8.04. The largest absolute Gasteiger partial charge is 0.316 e. The van der Waals surface area contributed by atoms with Crippen molar-refractivity contribution in [2.75, 3.05) is 26.7 Å². The Morgan fingerprint density at radius 3 is 2.80 bits per heavy atom. The lowest BCUT2D eigenvalue weighted by Gasteiger charge is -2.32. The summed E-state index contributed by atoms with van der Waals surface area (Å²) in [4.78, 5) is 2.54. The van der Waals surface area contributed by atoms with Gasteiger partial charge in [-0.2, -0.15) is 5.10 Å². The molecule has 20 heavy (non-hydrogen) atoms. The van der Waals surface area contributed by atoms with Crippen LogP contribution in [-0.4, -0.2) is 41.4 Å². The molecule has 1 aliphatic heterocycles. The van der Waals surface area contributed by atoms with Gasteiger partial charge in [0.05, 0.1) is 5.69 Å². The second-order valence-corrected chi connectivity index (χ2v) is 6.23. The number of aromatic nitrogens is 2. The van der Waals surface area contributed by atoms with Gasteiger partial charge in [0.15, 0.2) is 0 Å². The molecule has 2 unspecified atom stereocenters. The Morgan fingerprint density at radius 2 is 2.15 bits per heavy atom. The first-order chi connectivity index (χ1) is 9.63. The molecule has 2 atom stereocenters. The Kier molecular flexibility index (Phi) is 5.61. The lowest BCUT2D eigenvalue weighted by molar-refractivity contribution is 0.188. The normalized spacial score (nSPS) is 24.8. The maximum absolute atomic E-state index is 4.55. The van der Waals surface area contributed by atoms with Gasteiger partial charge in [-0.15, -0.1) is 0 Å². The van der Waals surface area contributed by atoms with Gasteiger partial charge in [0.1, 0.15) is 0 Å². The van der Waals surface area contributed by atoms with E-state index in [1.54, 1.807) is 0 Å². The number of nitrogens with one attached hydrogen (secondary N) is 1. The second-order valence-electron chi connectivity index (χ2n) is 6.23. The average molecular weight is 278 g/mol. The third-order valence-electron chi connectivity index (χ3n) is 4.46. The molecule has 4 nitrogen and oxygen atoms in total. The zero-order chi connectivity index (χ0) is 14.5. The Morgan fingerprint density at radius 1 is 1.35 bits per heavy atom. The van der Waals surface area contributed by atoms with Crippen LogP contribution in [0.5, 0.6) is 0 Å². The van der Waals surface area contributed by atoms with Crippen LogP contribution >= 0.6 is 0 Å². The molecule has 1 aromatic heterocycles. The van der Waals surface area contributed by atoms with Crippen LogP contribution in [0.1, 0.15) is 49.9 Å². The van der Waals surface area contributed by atoms with E-state index in [-0.39, 0.29) is 0 Å². The molecule has 0 aromatic carbocycles. The van der Waals surface area contributed by atoms with E-state index < -0.39 is 0 Å². The fourth-order valence-electron chi connectivity index (χ4n) is 3.50. The van der Waals surface area contributed by atoms with Crippen LogP contribution in [0.3, 0.4) is 0 Å². The summed E-state index contributed by atoms with van der Waals surface area (Å²) >= 11 is 0. The summed E-state index contributed by atoms with van der Waals surface area (Å²) in [7, 11) is 4.30. The zero-order valence-corrected chi connectivity index (χ0v) is 13.5. The highest BCUT2D eigenvalue weighted by Crippen LogP contribution is 2.35. The summed E-state index contributed by atoms with van der Waals surface area (Å²) in [6.45, 7) is 7.82. The Hall–Kier alpha value is -0.870. The highest BCUT2D eigenvalue weighted by Gasteiger charge is 2.30. The van der Waals surface area contributed by atoms with E-state index >= 15 is 0 Å². The van der Waals surface area contributed by atoms with E-state index in [0.717, 1.165) is 13.1 Å². The Labute approximate surface area is 123 Å². The molecule has 1 aliphatic rings. The van der Waals surface area contributed by atoms with Gasteiger partial charge >= 0.3 is 0 Å². The predicted octanol–water partition coefficient (Wildman–Crippen LogP) is 2.50. The molecule has 1 aromatic rings. The van der Waals surface area contributed by atoms with Gasteiger partial charge in [0.25, 0.3) is 0 Å². The van der Waals surface area contributed by atoms with Gasteiger partial charge in [-0.3, -0.25) is 9.58 Å². The van der Waals surface area contributed by atoms with E-state index in [2.05, 4.69) is 42.4 Å². The van der Waals surface area contributed by atoms with Gasteiger partial charge in [-0.25, -0.2) is 0 Å². The maximum atomic E-state index is 4.55. The van der Waals surface area contributed by atoms with E-state index in [1.807, 2.05) is 11.7 Å². The van der Waals surface area contributed by atoms with Crippen molar-refractivity contribution in [3.8, 4) is 0 Å². The number of hydrogen-bond donors (Lipinski definition) is 1. The molecule has 0 aliphatic carbocycles. The van der Waals surface area contributed by atoms with Crippen LogP contribution in [0.4, 0.5) is 0 Å². The Balaban J connectivity index is 2.19. The van der Waals surface area contributed by atoms with Gasteiger partial charge in [0, 0.05) is 24.8 Å². The molecule has 0 spiro atoms. The van der Waals surface area contributed by atoms with Crippen LogP contribution < -0.4 is 5.32 Å². The van der Waals surface area contributed by atoms with Crippen molar-refractivity contribution in [1.29, 1.82) is 0 Å². The van der Waals surface area contributed by atoms with E-state index in [9.17, 15) is 0 Å². The summed E-state index contributed by atoms with van der Waals surface area (Å²) in [5.41, 5.74) is 2.60. The van der Waals surface area contributed by atoms with Gasteiger partial charge in [0.2, 0.25) is 0 Å². The van der Waals surface area contributed by atoms with E-state index in [4.69, 9.17) is 0 Å². The summed E-state index contributed by atoms with van der Waals surface area (Å²) in [5, 5.41) is 8.18. The fraction of sp³-hybridized carbons (Fsp3) is 0.812. The monoisotopic (exact) mass is 278 g/mol. The second kappa shape index (κ2) is 7.23. The molecular weight excluding hydrogens is 248 g/mol. The topological polar surface area (TPSA) is 33.1 Å². The number of aryl methyl sites for hydroxylation is 2. The lowest BCUT2D eigenvalue weighted by atomic mass is 9.89. The number of rotatable bonds is 5. The van der Waals surface area contributed by atoms with Crippen molar-refractivity contribution in [3.63, 3.8) is 0 Å². The maximum Gasteiger partial charge on any atom is 0.0641 e. The van der Waals surface area contributed by atoms with Crippen molar-refractivity contribution in [1.82, 2.24) is 20.0 Å². The van der Waals surface area contributed by atoms with Gasteiger partial charge in [-0.05, 0) is 58.8 Å². The highest BCUT2D eigenvalue weighted by molar-refractivity contribution is 5.21. The van der Waals surface area contributed by atoms with Crippen molar-refractivity contribution >= 4 is 0 Å². The van der Waals surface area contributed by atoms with Crippen molar-refractivity contribution in [3.05, 3.63) is 17.5 Å². The first kappa shape index (κ1) is 15.5. The first-order valence-electron chi connectivity index (χ1n) is 8.04. The SMILES string of the molecule is CCCNCC1CCCCN(C)C1c1cn(C)nc1C. The molecule has 0 saturated carbocycles. The van der Waals surface area contributed by atoms with Gasteiger partial charge in [-0.1, -0.05) is 13.3 Å². The molecule has 4 heteroatoms. The standard InChI is InChI=1S/C16H30N4/c1-5-9-17-11-14-8-6-7-10-19(3)16(14)15-12-20(4)18-13(15)2/h12,14,16-17H,5-11H2,1-4H3. The van der Waals surface area contributed by atoms with Crippen LogP contribution in [0.2, 0.25) is 0 Å². The summed E-state index contributed by atoms with van der Waals surface area (Å²) in [6, 6.07) is 0.510. The third-order valence-corrected chi connectivity index (χ3v) is 4.46. The molecule has 114 valence electrons. The highest BCUT2D eigenvalue weighted by atomic mass is 15.3. The molecule has 2 heterocycles. The predicted molar refractivity (Wildman–Crippen MR) is 83.8 cm³/mol. The van der Waals surface area contributed by atoms with E-state index in [0.29, 0.717) is 12.0 Å². The van der Waals surface area contributed by atoms with Crippen molar-refractivity contribution < 1.29 is 0 Å². The smallest absolute Gasteiger partial charge is 0.0641 e. The van der Waals surface area contributed by atoms with Crippen LogP contribution in [0, 0.1) is 12.8 Å². The minimum absolute atomic E-state index is 0.510. The van der Waals surface area contributed by atoms with Crippen LogP contribution in [0.25, 0.3) is 0 Å². The lowest BCUT2D eigenvalue weighted by Crippen LogP contribution is -2.35. The third kappa shape index (κ3) is 3.61. The number of nitrogens with zero attached hydrogens (tertiary/aromatic N) is 3. The molecule has 0 radical (unpaired) electrons. The Bertz CT molecular complexity index is 413.